The molecule has 2 nitrogen and oxygen atoms in total. The molecule has 76 valence electrons. The third-order valence-electron chi connectivity index (χ3n) is 2.12. The number of hydrogen-bond acceptors (Lipinski definition) is 2. The maximum Gasteiger partial charge on any atom is 0.0814 e. The number of rotatable bonds is 5. The van der Waals surface area contributed by atoms with Gasteiger partial charge in [0.15, 0.2) is 0 Å². The topological polar surface area (TPSA) is 40.5 Å². The maximum atomic E-state index is 9.72. The van der Waals surface area contributed by atoms with E-state index in [-0.39, 0.29) is 0 Å². The van der Waals surface area contributed by atoms with Crippen LogP contribution in [0.2, 0.25) is 0 Å². The molecule has 0 heterocycles. The largest absolute Gasteiger partial charge is 0.393 e. The van der Waals surface area contributed by atoms with Crippen molar-refractivity contribution < 1.29 is 10.2 Å². The molecule has 0 amide bonds. The van der Waals surface area contributed by atoms with E-state index in [0.29, 0.717) is 12.8 Å². The predicted molar refractivity (Wildman–Crippen MR) is 56.8 cm³/mol. The monoisotopic (exact) mass is 192 g/mol. The summed E-state index contributed by atoms with van der Waals surface area (Å²) in [5.74, 6) is 0. The highest BCUT2D eigenvalue weighted by molar-refractivity contribution is 5.17. The Balaban J connectivity index is 2.50. The second kappa shape index (κ2) is 5.58. The number of hydrogen-bond donors (Lipinski definition) is 2. The second-order valence-corrected chi connectivity index (χ2v) is 3.34. The van der Waals surface area contributed by atoms with Crippen molar-refractivity contribution in [2.24, 2.45) is 0 Å². The van der Waals surface area contributed by atoms with Gasteiger partial charge in [-0.1, -0.05) is 36.4 Å². The van der Waals surface area contributed by atoms with Crippen molar-refractivity contribution in [3.8, 4) is 0 Å². The van der Waals surface area contributed by atoms with Crippen LogP contribution < -0.4 is 0 Å². The molecule has 1 rings (SSSR count). The molecule has 2 atom stereocenters. The molecule has 0 spiro atoms. The molecular weight excluding hydrogens is 176 g/mol. The van der Waals surface area contributed by atoms with Gasteiger partial charge in [-0.3, -0.25) is 0 Å². The maximum absolute atomic E-state index is 9.72. The van der Waals surface area contributed by atoms with Crippen molar-refractivity contribution in [1.82, 2.24) is 0 Å². The van der Waals surface area contributed by atoms with E-state index in [1.54, 1.807) is 6.08 Å². The van der Waals surface area contributed by atoms with Crippen LogP contribution in [0.4, 0.5) is 0 Å². The Bertz CT molecular complexity index is 269. The summed E-state index contributed by atoms with van der Waals surface area (Å²) in [5, 5.41) is 19.2. The van der Waals surface area contributed by atoms with Gasteiger partial charge < -0.3 is 10.2 Å². The van der Waals surface area contributed by atoms with Crippen LogP contribution in [0.5, 0.6) is 0 Å². The van der Waals surface area contributed by atoms with Crippen molar-refractivity contribution in [3.05, 3.63) is 48.6 Å². The molecule has 0 saturated carbocycles. The lowest BCUT2D eigenvalue weighted by Crippen LogP contribution is -2.11. The molecule has 0 unspecified atom stereocenters. The fourth-order valence-corrected chi connectivity index (χ4v) is 1.36. The summed E-state index contributed by atoms with van der Waals surface area (Å²) >= 11 is 0. The molecule has 2 N–H and O–H groups in total. The Kier molecular flexibility index (Phi) is 4.36. The van der Waals surface area contributed by atoms with Crippen LogP contribution in [0.15, 0.2) is 43.0 Å². The first-order valence-corrected chi connectivity index (χ1v) is 4.76. The highest BCUT2D eigenvalue weighted by atomic mass is 16.3. The fraction of sp³-hybridized carbons (Fsp3) is 0.333. The summed E-state index contributed by atoms with van der Waals surface area (Å²) < 4.78 is 0. The van der Waals surface area contributed by atoms with Crippen LogP contribution >= 0.6 is 0 Å². The van der Waals surface area contributed by atoms with E-state index in [4.69, 9.17) is 0 Å². The summed E-state index contributed by atoms with van der Waals surface area (Å²) in [6, 6.07) is 9.35. The lowest BCUT2D eigenvalue weighted by atomic mass is 10.0. The van der Waals surface area contributed by atoms with Gasteiger partial charge in [-0.2, -0.15) is 0 Å². The molecule has 0 radical (unpaired) electrons. The highest BCUT2D eigenvalue weighted by Gasteiger charge is 2.11. The summed E-state index contributed by atoms with van der Waals surface area (Å²) in [5.41, 5.74) is 0.843. The van der Waals surface area contributed by atoms with E-state index < -0.39 is 12.2 Å². The third kappa shape index (κ3) is 3.32. The molecule has 0 fully saturated rings. The van der Waals surface area contributed by atoms with Gasteiger partial charge in [-0.25, -0.2) is 0 Å². The fourth-order valence-electron chi connectivity index (χ4n) is 1.36. The van der Waals surface area contributed by atoms with Crippen molar-refractivity contribution in [1.29, 1.82) is 0 Å². The van der Waals surface area contributed by atoms with Crippen LogP contribution in [0.3, 0.4) is 0 Å². The molecule has 2 heteroatoms. The average Bonchev–Trinajstić information content (AvgIpc) is 2.19. The molecule has 0 aliphatic heterocycles. The van der Waals surface area contributed by atoms with Crippen LogP contribution in [0.25, 0.3) is 0 Å². The molecule has 1 aromatic carbocycles. The van der Waals surface area contributed by atoms with Crippen LogP contribution in [0.1, 0.15) is 24.5 Å². The van der Waals surface area contributed by atoms with Gasteiger partial charge in [-0.15, -0.1) is 6.58 Å². The summed E-state index contributed by atoms with van der Waals surface area (Å²) in [6.07, 6.45) is 1.43. The van der Waals surface area contributed by atoms with Crippen molar-refractivity contribution in [2.45, 2.75) is 25.0 Å². The molecule has 0 saturated heterocycles. The first-order valence-electron chi connectivity index (χ1n) is 4.76. The Morgan fingerprint density at radius 3 is 2.43 bits per heavy atom. The van der Waals surface area contributed by atoms with Gasteiger partial charge >= 0.3 is 0 Å². The lowest BCUT2D eigenvalue weighted by molar-refractivity contribution is 0.0822. The summed E-state index contributed by atoms with van der Waals surface area (Å²) in [4.78, 5) is 0. The Labute approximate surface area is 84.5 Å². The molecular formula is C12H16O2. The zero-order valence-corrected chi connectivity index (χ0v) is 8.13. The normalized spacial score (nSPS) is 14.7. The van der Waals surface area contributed by atoms with Crippen LogP contribution in [-0.2, 0) is 0 Å². The standard InChI is InChI=1S/C12H16O2/c1-2-6-11(13)9-12(14)10-7-4-3-5-8-10/h2-5,7-8,11-14H,1,6,9H2/t11-,12+/m1/s1. The van der Waals surface area contributed by atoms with Gasteiger partial charge in [0.05, 0.1) is 12.2 Å². The number of benzene rings is 1. The number of aliphatic hydroxyl groups is 2. The zero-order valence-electron chi connectivity index (χ0n) is 8.13. The van der Waals surface area contributed by atoms with Gasteiger partial charge in [0.2, 0.25) is 0 Å². The third-order valence-corrected chi connectivity index (χ3v) is 2.12. The first kappa shape index (κ1) is 11.0. The lowest BCUT2D eigenvalue weighted by Gasteiger charge is -2.14. The van der Waals surface area contributed by atoms with Gasteiger partial charge in [0.25, 0.3) is 0 Å². The average molecular weight is 192 g/mol. The highest BCUT2D eigenvalue weighted by Crippen LogP contribution is 2.18. The van der Waals surface area contributed by atoms with Crippen molar-refractivity contribution >= 4 is 0 Å². The molecule has 14 heavy (non-hydrogen) atoms. The van der Waals surface area contributed by atoms with E-state index in [0.717, 1.165) is 5.56 Å². The van der Waals surface area contributed by atoms with E-state index in [9.17, 15) is 10.2 Å². The second-order valence-electron chi connectivity index (χ2n) is 3.34. The van der Waals surface area contributed by atoms with E-state index in [2.05, 4.69) is 6.58 Å². The van der Waals surface area contributed by atoms with Crippen molar-refractivity contribution in [2.75, 3.05) is 0 Å². The predicted octanol–water partition coefficient (Wildman–Crippen LogP) is 2.05. The number of aliphatic hydroxyl groups excluding tert-OH is 2. The molecule has 0 aliphatic rings. The molecule has 1 aromatic rings. The molecule has 0 bridgehead atoms. The van der Waals surface area contributed by atoms with Gasteiger partial charge in [0, 0.05) is 6.42 Å². The van der Waals surface area contributed by atoms with Gasteiger partial charge in [0.1, 0.15) is 0 Å². The van der Waals surface area contributed by atoms with E-state index in [1.165, 1.54) is 0 Å². The van der Waals surface area contributed by atoms with E-state index in [1.807, 2.05) is 30.3 Å². The Morgan fingerprint density at radius 1 is 1.21 bits per heavy atom. The van der Waals surface area contributed by atoms with Gasteiger partial charge in [-0.05, 0) is 12.0 Å². The quantitative estimate of drug-likeness (QED) is 0.701. The Morgan fingerprint density at radius 2 is 1.86 bits per heavy atom. The summed E-state index contributed by atoms with van der Waals surface area (Å²) in [7, 11) is 0. The molecule has 0 aliphatic carbocycles. The summed E-state index contributed by atoms with van der Waals surface area (Å²) in [6.45, 7) is 3.54. The minimum atomic E-state index is -0.592. The Hall–Kier alpha value is -1.12. The minimum Gasteiger partial charge on any atom is -0.393 e. The van der Waals surface area contributed by atoms with Crippen LogP contribution in [-0.4, -0.2) is 16.3 Å². The SMILES string of the molecule is C=CC[C@@H](O)C[C@H](O)c1ccccc1. The smallest absolute Gasteiger partial charge is 0.0814 e. The first-order chi connectivity index (χ1) is 6.74. The van der Waals surface area contributed by atoms with E-state index >= 15 is 0 Å². The minimum absolute atomic E-state index is 0.357. The zero-order chi connectivity index (χ0) is 10.4. The van der Waals surface area contributed by atoms with Crippen LogP contribution in [0, 0.1) is 0 Å². The molecule has 0 aromatic heterocycles. The van der Waals surface area contributed by atoms with Crippen molar-refractivity contribution in [3.63, 3.8) is 0 Å².